The first kappa shape index (κ1) is 12.2. The van der Waals surface area contributed by atoms with Crippen LogP contribution in [0.5, 0.6) is 0 Å². The zero-order valence-electron chi connectivity index (χ0n) is 9.74. The minimum Gasteiger partial charge on any atom is -0.387 e. The van der Waals surface area contributed by atoms with Crippen molar-refractivity contribution in [3.05, 3.63) is 29.6 Å². The summed E-state index contributed by atoms with van der Waals surface area (Å²) in [5.41, 5.74) is 2.04. The van der Waals surface area contributed by atoms with Crippen LogP contribution in [0.2, 0.25) is 0 Å². The first-order valence-electron chi connectivity index (χ1n) is 5.91. The van der Waals surface area contributed by atoms with E-state index in [1.54, 1.807) is 6.20 Å². The Morgan fingerprint density at radius 1 is 1.33 bits per heavy atom. The fourth-order valence-corrected chi connectivity index (χ4v) is 1.77. The summed E-state index contributed by atoms with van der Waals surface area (Å²) in [7, 11) is 0. The van der Waals surface area contributed by atoms with Crippen molar-refractivity contribution in [2.75, 3.05) is 0 Å². The normalized spacial score (nSPS) is 12.7. The van der Waals surface area contributed by atoms with E-state index in [0.717, 1.165) is 25.0 Å². The topological polar surface area (TPSA) is 33.1 Å². The summed E-state index contributed by atoms with van der Waals surface area (Å²) >= 11 is 0. The number of hydrogen-bond acceptors (Lipinski definition) is 2. The molecule has 0 amide bonds. The van der Waals surface area contributed by atoms with Gasteiger partial charge >= 0.3 is 0 Å². The third-order valence-corrected chi connectivity index (χ3v) is 2.70. The van der Waals surface area contributed by atoms with Crippen molar-refractivity contribution in [2.45, 2.75) is 52.1 Å². The van der Waals surface area contributed by atoms with E-state index in [2.05, 4.69) is 18.8 Å². The number of hydrogen-bond donors (Lipinski definition) is 1. The monoisotopic (exact) mass is 207 g/mol. The van der Waals surface area contributed by atoms with E-state index < -0.39 is 0 Å². The van der Waals surface area contributed by atoms with Crippen LogP contribution in [0, 0.1) is 0 Å². The molecule has 0 aliphatic rings. The number of aryl methyl sites for hydroxylation is 1. The second-order valence-corrected chi connectivity index (χ2v) is 3.91. The third kappa shape index (κ3) is 3.63. The lowest BCUT2D eigenvalue weighted by Crippen LogP contribution is -2.04. The van der Waals surface area contributed by atoms with Gasteiger partial charge in [0.2, 0.25) is 0 Å². The van der Waals surface area contributed by atoms with Gasteiger partial charge in [-0.15, -0.1) is 0 Å². The summed E-state index contributed by atoms with van der Waals surface area (Å²) in [4.78, 5) is 4.28. The van der Waals surface area contributed by atoms with Crippen LogP contribution in [0.25, 0.3) is 0 Å². The molecule has 0 aliphatic heterocycles. The molecular weight excluding hydrogens is 186 g/mol. The Morgan fingerprint density at radius 2 is 2.13 bits per heavy atom. The highest BCUT2D eigenvalue weighted by molar-refractivity contribution is 5.21. The van der Waals surface area contributed by atoms with Crippen LogP contribution in [-0.4, -0.2) is 10.1 Å². The fraction of sp³-hybridized carbons (Fsp3) is 0.615. The molecule has 0 spiro atoms. The van der Waals surface area contributed by atoms with Gasteiger partial charge in [0.1, 0.15) is 0 Å². The molecule has 2 heteroatoms. The summed E-state index contributed by atoms with van der Waals surface area (Å²) in [5, 5.41) is 10.00. The van der Waals surface area contributed by atoms with Gasteiger partial charge in [0.05, 0.1) is 11.8 Å². The lowest BCUT2D eigenvalue weighted by molar-refractivity contribution is 0.158. The maximum atomic E-state index is 10.00. The highest BCUT2D eigenvalue weighted by Crippen LogP contribution is 2.21. The molecule has 1 aromatic rings. The molecule has 1 atom stereocenters. The van der Waals surface area contributed by atoms with E-state index in [1.807, 2.05) is 12.1 Å². The molecule has 0 aliphatic carbocycles. The highest BCUT2D eigenvalue weighted by Gasteiger charge is 2.11. The van der Waals surface area contributed by atoms with E-state index in [0.29, 0.717) is 0 Å². The Labute approximate surface area is 92.4 Å². The van der Waals surface area contributed by atoms with Gasteiger partial charge in [-0.3, -0.25) is 4.98 Å². The van der Waals surface area contributed by atoms with Crippen LogP contribution in [0.4, 0.5) is 0 Å². The average Bonchev–Trinajstić information content (AvgIpc) is 2.29. The molecule has 0 saturated heterocycles. The van der Waals surface area contributed by atoms with E-state index in [-0.39, 0.29) is 6.10 Å². The molecular formula is C13H21NO. The van der Waals surface area contributed by atoms with Gasteiger partial charge in [0, 0.05) is 6.20 Å². The van der Waals surface area contributed by atoms with Gasteiger partial charge in [-0.1, -0.05) is 39.2 Å². The Morgan fingerprint density at radius 3 is 2.80 bits per heavy atom. The number of aliphatic hydroxyl groups is 1. The average molecular weight is 207 g/mol. The quantitative estimate of drug-likeness (QED) is 0.726. The number of aliphatic hydroxyl groups excluding tert-OH is 1. The molecule has 0 aromatic carbocycles. The second kappa shape index (κ2) is 6.57. The van der Waals surface area contributed by atoms with Crippen LogP contribution in [0.15, 0.2) is 18.3 Å². The predicted molar refractivity (Wildman–Crippen MR) is 62.7 cm³/mol. The summed E-state index contributed by atoms with van der Waals surface area (Å²) in [6.45, 7) is 4.27. The van der Waals surface area contributed by atoms with Crippen molar-refractivity contribution < 1.29 is 5.11 Å². The molecule has 84 valence electrons. The van der Waals surface area contributed by atoms with Crippen molar-refractivity contribution in [1.82, 2.24) is 4.98 Å². The summed E-state index contributed by atoms with van der Waals surface area (Å²) in [6, 6.07) is 3.98. The largest absolute Gasteiger partial charge is 0.387 e. The van der Waals surface area contributed by atoms with Gasteiger partial charge < -0.3 is 5.11 Å². The van der Waals surface area contributed by atoms with Crippen molar-refractivity contribution in [3.63, 3.8) is 0 Å². The van der Waals surface area contributed by atoms with Crippen LogP contribution in [-0.2, 0) is 6.42 Å². The Bertz CT molecular complexity index is 286. The highest BCUT2D eigenvalue weighted by atomic mass is 16.3. The molecule has 15 heavy (non-hydrogen) atoms. The zero-order chi connectivity index (χ0) is 11.1. The lowest BCUT2D eigenvalue weighted by atomic mass is 10.0. The van der Waals surface area contributed by atoms with Crippen molar-refractivity contribution in [2.24, 2.45) is 0 Å². The number of unbranched alkanes of at least 4 members (excludes halogenated alkanes) is 2. The first-order valence-corrected chi connectivity index (χ1v) is 5.91. The smallest absolute Gasteiger partial charge is 0.0962 e. The Hall–Kier alpha value is -0.890. The van der Waals surface area contributed by atoms with Crippen molar-refractivity contribution in [3.8, 4) is 0 Å². The van der Waals surface area contributed by atoms with Crippen molar-refractivity contribution in [1.29, 1.82) is 0 Å². The van der Waals surface area contributed by atoms with E-state index in [4.69, 9.17) is 0 Å². The predicted octanol–water partition coefficient (Wildman–Crippen LogP) is 3.26. The van der Waals surface area contributed by atoms with Gasteiger partial charge in [0.15, 0.2) is 0 Å². The first-order chi connectivity index (χ1) is 7.29. The van der Waals surface area contributed by atoms with E-state index in [1.165, 1.54) is 18.4 Å². The Kier molecular flexibility index (Phi) is 5.33. The standard InChI is InChI=1S/C13H21NO/c1-3-5-6-9-12(15)13-11(4-2)8-7-10-14-13/h7-8,10,12,15H,3-6,9H2,1-2H3. The molecule has 1 heterocycles. The van der Waals surface area contributed by atoms with Crippen LogP contribution >= 0.6 is 0 Å². The minimum absolute atomic E-state index is 0.382. The van der Waals surface area contributed by atoms with E-state index in [9.17, 15) is 5.11 Å². The van der Waals surface area contributed by atoms with Gasteiger partial charge in [-0.2, -0.15) is 0 Å². The molecule has 1 rings (SSSR count). The van der Waals surface area contributed by atoms with Crippen LogP contribution in [0.1, 0.15) is 56.9 Å². The molecule has 1 unspecified atom stereocenters. The number of rotatable bonds is 6. The fourth-order valence-electron chi connectivity index (χ4n) is 1.77. The lowest BCUT2D eigenvalue weighted by Gasteiger charge is -2.13. The van der Waals surface area contributed by atoms with Crippen molar-refractivity contribution >= 4 is 0 Å². The summed E-state index contributed by atoms with van der Waals surface area (Å²) < 4.78 is 0. The molecule has 0 saturated carbocycles. The number of pyridine rings is 1. The van der Waals surface area contributed by atoms with E-state index >= 15 is 0 Å². The maximum absolute atomic E-state index is 10.00. The summed E-state index contributed by atoms with van der Waals surface area (Å²) in [5.74, 6) is 0. The molecule has 2 nitrogen and oxygen atoms in total. The zero-order valence-corrected chi connectivity index (χ0v) is 9.74. The molecule has 1 aromatic heterocycles. The molecule has 0 bridgehead atoms. The van der Waals surface area contributed by atoms with Gasteiger partial charge in [0.25, 0.3) is 0 Å². The number of aromatic nitrogens is 1. The van der Waals surface area contributed by atoms with Crippen LogP contribution in [0.3, 0.4) is 0 Å². The summed E-state index contributed by atoms with van der Waals surface area (Å²) in [6.07, 6.45) is 6.61. The molecule has 0 radical (unpaired) electrons. The Balaban J connectivity index is 2.59. The molecule has 0 fully saturated rings. The maximum Gasteiger partial charge on any atom is 0.0962 e. The van der Waals surface area contributed by atoms with Gasteiger partial charge in [-0.05, 0) is 24.5 Å². The molecule has 1 N–H and O–H groups in total. The third-order valence-electron chi connectivity index (χ3n) is 2.70. The minimum atomic E-state index is -0.382. The second-order valence-electron chi connectivity index (χ2n) is 3.91. The van der Waals surface area contributed by atoms with Crippen LogP contribution < -0.4 is 0 Å². The number of nitrogens with zero attached hydrogens (tertiary/aromatic N) is 1. The SMILES string of the molecule is CCCCCC(O)c1ncccc1CC. The van der Waals surface area contributed by atoms with Gasteiger partial charge in [-0.25, -0.2) is 0 Å².